The van der Waals surface area contributed by atoms with Gasteiger partial charge >= 0.3 is 0 Å². The van der Waals surface area contributed by atoms with Crippen LogP contribution >= 0.6 is 0 Å². The molecular formula is C21H30N4O2. The summed E-state index contributed by atoms with van der Waals surface area (Å²) in [6.45, 7) is 5.11. The van der Waals surface area contributed by atoms with Gasteiger partial charge in [-0.15, -0.1) is 0 Å². The highest BCUT2D eigenvalue weighted by Gasteiger charge is 2.19. The Morgan fingerprint density at radius 1 is 1.37 bits per heavy atom. The van der Waals surface area contributed by atoms with Crippen LogP contribution in [0.25, 0.3) is 0 Å². The van der Waals surface area contributed by atoms with Gasteiger partial charge in [0.25, 0.3) is 5.91 Å². The molecule has 2 atom stereocenters. The minimum Gasteiger partial charge on any atom is -0.446 e. The number of nitrogens with zero attached hydrogens (tertiary/aromatic N) is 2. The lowest BCUT2D eigenvalue weighted by molar-refractivity contribution is 0.0944. The van der Waals surface area contributed by atoms with Gasteiger partial charge in [0, 0.05) is 19.1 Å². The molecule has 1 saturated heterocycles. The van der Waals surface area contributed by atoms with Crippen molar-refractivity contribution in [3.63, 3.8) is 0 Å². The highest BCUT2D eigenvalue weighted by atomic mass is 16.3. The van der Waals surface area contributed by atoms with E-state index in [0.29, 0.717) is 30.6 Å². The van der Waals surface area contributed by atoms with E-state index >= 15 is 0 Å². The molecule has 2 heterocycles. The third kappa shape index (κ3) is 5.65. The maximum atomic E-state index is 12.3. The Morgan fingerprint density at radius 2 is 2.19 bits per heavy atom. The van der Waals surface area contributed by atoms with Crippen molar-refractivity contribution in [3.8, 4) is 0 Å². The second kappa shape index (κ2) is 9.67. The smallest absolute Gasteiger partial charge is 0.273 e. The van der Waals surface area contributed by atoms with Gasteiger partial charge in [-0.3, -0.25) is 4.79 Å². The first kappa shape index (κ1) is 19.6. The molecular weight excluding hydrogens is 340 g/mol. The lowest BCUT2D eigenvalue weighted by Crippen LogP contribution is -2.39. The van der Waals surface area contributed by atoms with Crippen LogP contribution in [0.4, 0.5) is 0 Å². The van der Waals surface area contributed by atoms with E-state index in [0.717, 1.165) is 18.5 Å². The fraction of sp³-hybridized carbons (Fsp3) is 0.524. The van der Waals surface area contributed by atoms with Crippen LogP contribution < -0.4 is 11.1 Å². The maximum absolute atomic E-state index is 12.3. The molecule has 27 heavy (non-hydrogen) atoms. The van der Waals surface area contributed by atoms with Gasteiger partial charge in [-0.05, 0) is 44.7 Å². The molecule has 1 fully saturated rings. The summed E-state index contributed by atoms with van der Waals surface area (Å²) in [7, 11) is 0. The Morgan fingerprint density at radius 3 is 2.96 bits per heavy atom. The molecule has 1 aromatic carbocycles. The third-order valence-corrected chi connectivity index (χ3v) is 5.22. The summed E-state index contributed by atoms with van der Waals surface area (Å²) in [6.07, 6.45) is 6.83. The van der Waals surface area contributed by atoms with Crippen molar-refractivity contribution < 1.29 is 9.21 Å². The summed E-state index contributed by atoms with van der Waals surface area (Å²) in [5, 5.41) is 2.93. The first-order chi connectivity index (χ1) is 13.1. The number of hydrogen-bond donors (Lipinski definition) is 2. The van der Waals surface area contributed by atoms with Crippen LogP contribution in [0.1, 0.15) is 60.6 Å². The SMILES string of the molecule is CC1CCCCN1CCCNC(=O)c1coc(C(N)Cc2ccccc2)n1. The van der Waals surface area contributed by atoms with Gasteiger partial charge in [0.05, 0.1) is 6.04 Å². The quantitative estimate of drug-likeness (QED) is 0.698. The summed E-state index contributed by atoms with van der Waals surface area (Å²) in [6, 6.07) is 10.2. The number of benzene rings is 1. The van der Waals surface area contributed by atoms with Crippen LogP contribution in [0.3, 0.4) is 0 Å². The molecule has 2 unspecified atom stereocenters. The van der Waals surface area contributed by atoms with Gasteiger partial charge in [-0.25, -0.2) is 4.98 Å². The van der Waals surface area contributed by atoms with E-state index in [9.17, 15) is 4.79 Å². The zero-order chi connectivity index (χ0) is 19.1. The van der Waals surface area contributed by atoms with Gasteiger partial charge < -0.3 is 20.4 Å². The number of rotatable bonds is 8. The number of piperidine rings is 1. The molecule has 1 aliphatic heterocycles. The van der Waals surface area contributed by atoms with Crippen LogP contribution in [-0.4, -0.2) is 41.5 Å². The topological polar surface area (TPSA) is 84.4 Å². The number of aromatic nitrogens is 1. The van der Waals surface area contributed by atoms with Crippen molar-refractivity contribution in [2.75, 3.05) is 19.6 Å². The molecule has 0 radical (unpaired) electrons. The molecule has 1 aromatic heterocycles. The first-order valence-electron chi connectivity index (χ1n) is 9.90. The van der Waals surface area contributed by atoms with Crippen LogP contribution in [0.2, 0.25) is 0 Å². The molecule has 6 nitrogen and oxygen atoms in total. The van der Waals surface area contributed by atoms with Crippen molar-refractivity contribution in [3.05, 3.63) is 53.7 Å². The number of carbonyl (C=O) groups excluding carboxylic acids is 1. The Hall–Kier alpha value is -2.18. The Kier molecular flexibility index (Phi) is 7.01. The molecule has 0 spiro atoms. The zero-order valence-corrected chi connectivity index (χ0v) is 16.1. The second-order valence-electron chi connectivity index (χ2n) is 7.36. The fourth-order valence-electron chi connectivity index (χ4n) is 3.58. The molecule has 1 aliphatic rings. The molecule has 3 N–H and O–H groups in total. The summed E-state index contributed by atoms with van der Waals surface area (Å²) in [5.74, 6) is 0.190. The fourth-order valence-corrected chi connectivity index (χ4v) is 3.58. The number of oxazole rings is 1. The highest BCUT2D eigenvalue weighted by Crippen LogP contribution is 2.17. The lowest BCUT2D eigenvalue weighted by atomic mass is 10.0. The Balaban J connectivity index is 1.42. The summed E-state index contributed by atoms with van der Waals surface area (Å²) in [5.41, 5.74) is 7.57. The van der Waals surface area contributed by atoms with E-state index < -0.39 is 0 Å². The Bertz CT molecular complexity index is 716. The minimum atomic E-state index is -0.366. The van der Waals surface area contributed by atoms with Gasteiger partial charge in [0.1, 0.15) is 6.26 Å². The van der Waals surface area contributed by atoms with Crippen LogP contribution in [0, 0.1) is 0 Å². The molecule has 6 heteroatoms. The predicted molar refractivity (Wildman–Crippen MR) is 105 cm³/mol. The van der Waals surface area contributed by atoms with Gasteiger partial charge in [0.15, 0.2) is 5.69 Å². The number of nitrogens with two attached hydrogens (primary N) is 1. The minimum absolute atomic E-state index is 0.205. The first-order valence-corrected chi connectivity index (χ1v) is 9.90. The second-order valence-corrected chi connectivity index (χ2v) is 7.36. The van der Waals surface area contributed by atoms with Gasteiger partial charge in [0.2, 0.25) is 5.89 Å². The van der Waals surface area contributed by atoms with E-state index in [1.165, 1.54) is 32.1 Å². The number of nitrogens with one attached hydrogen (secondary N) is 1. The zero-order valence-electron chi connectivity index (χ0n) is 16.1. The lowest BCUT2D eigenvalue weighted by Gasteiger charge is -2.33. The molecule has 0 aliphatic carbocycles. The van der Waals surface area contributed by atoms with Crippen molar-refractivity contribution >= 4 is 5.91 Å². The van der Waals surface area contributed by atoms with E-state index in [2.05, 4.69) is 22.1 Å². The van der Waals surface area contributed by atoms with Crippen LogP contribution in [-0.2, 0) is 6.42 Å². The largest absolute Gasteiger partial charge is 0.446 e. The molecule has 146 valence electrons. The van der Waals surface area contributed by atoms with E-state index in [4.69, 9.17) is 10.2 Å². The molecule has 0 saturated carbocycles. The van der Waals surface area contributed by atoms with Crippen molar-refractivity contribution in [1.29, 1.82) is 0 Å². The molecule has 2 aromatic rings. The van der Waals surface area contributed by atoms with E-state index in [1.54, 1.807) is 0 Å². The van der Waals surface area contributed by atoms with Gasteiger partial charge in [-0.2, -0.15) is 0 Å². The molecule has 1 amide bonds. The average Bonchev–Trinajstić information content (AvgIpc) is 3.18. The van der Waals surface area contributed by atoms with Crippen molar-refractivity contribution in [2.45, 2.75) is 51.1 Å². The highest BCUT2D eigenvalue weighted by molar-refractivity contribution is 5.91. The average molecular weight is 370 g/mol. The number of likely N-dealkylation sites (tertiary alicyclic amines) is 1. The van der Waals surface area contributed by atoms with Crippen molar-refractivity contribution in [1.82, 2.24) is 15.2 Å². The maximum Gasteiger partial charge on any atom is 0.273 e. The monoisotopic (exact) mass is 370 g/mol. The number of carbonyl (C=O) groups is 1. The van der Waals surface area contributed by atoms with Gasteiger partial charge in [-0.1, -0.05) is 36.8 Å². The summed E-state index contributed by atoms with van der Waals surface area (Å²) >= 11 is 0. The van der Waals surface area contributed by atoms with Crippen LogP contribution in [0.5, 0.6) is 0 Å². The summed E-state index contributed by atoms with van der Waals surface area (Å²) in [4.78, 5) is 19.0. The van der Waals surface area contributed by atoms with Crippen molar-refractivity contribution in [2.24, 2.45) is 5.73 Å². The van der Waals surface area contributed by atoms with Crippen LogP contribution in [0.15, 0.2) is 41.0 Å². The predicted octanol–water partition coefficient (Wildman–Crippen LogP) is 2.91. The van der Waals surface area contributed by atoms with E-state index in [1.807, 2.05) is 30.3 Å². The number of hydrogen-bond acceptors (Lipinski definition) is 5. The molecule has 3 rings (SSSR count). The standard InChI is InChI=1S/C21H30N4O2/c1-16-8-5-6-12-25(16)13-7-11-23-20(26)19-15-27-21(24-19)18(22)14-17-9-3-2-4-10-17/h2-4,9-10,15-16,18H,5-8,11-14,22H2,1H3,(H,23,26). The third-order valence-electron chi connectivity index (χ3n) is 5.22. The Labute approximate surface area is 161 Å². The summed E-state index contributed by atoms with van der Waals surface area (Å²) < 4.78 is 5.43. The normalized spacial score (nSPS) is 19.0. The molecule has 0 bridgehead atoms. The van der Waals surface area contributed by atoms with E-state index in [-0.39, 0.29) is 11.9 Å². The number of amides is 1.